The van der Waals surface area contributed by atoms with Crippen LogP contribution in [0.5, 0.6) is 5.75 Å². The van der Waals surface area contributed by atoms with Crippen LogP contribution in [-0.4, -0.2) is 22.8 Å². The van der Waals surface area contributed by atoms with Crippen molar-refractivity contribution in [3.63, 3.8) is 0 Å². The fraction of sp³-hybridized carbons (Fsp3) is 0.231. The molecule has 18 heavy (non-hydrogen) atoms. The van der Waals surface area contributed by atoms with Crippen LogP contribution in [0.3, 0.4) is 0 Å². The van der Waals surface area contributed by atoms with Crippen molar-refractivity contribution in [2.45, 2.75) is 6.92 Å². The van der Waals surface area contributed by atoms with E-state index < -0.39 is 0 Å². The van der Waals surface area contributed by atoms with Gasteiger partial charge in [-0.2, -0.15) is 5.10 Å². The van der Waals surface area contributed by atoms with Gasteiger partial charge in [0, 0.05) is 12.7 Å². The van der Waals surface area contributed by atoms with E-state index >= 15 is 0 Å². The average molecular weight is 245 g/mol. The number of nitrogens with zero attached hydrogens (tertiary/aromatic N) is 2. The standard InChI is InChI=1S/C13H15N3O2/c1-9-8-11(15-16(9)2)13(17)14-10-6-4-5-7-12(10)18-3/h4-8H,1-3H3,(H,14,17). The number of ether oxygens (including phenoxy) is 1. The topological polar surface area (TPSA) is 56.1 Å². The van der Waals surface area contributed by atoms with E-state index in [9.17, 15) is 4.79 Å². The lowest BCUT2D eigenvalue weighted by Gasteiger charge is -2.08. The van der Waals surface area contributed by atoms with Crippen molar-refractivity contribution in [3.8, 4) is 5.75 Å². The van der Waals surface area contributed by atoms with Crippen molar-refractivity contribution >= 4 is 11.6 Å². The number of amides is 1. The predicted octanol–water partition coefficient (Wildman–Crippen LogP) is 1.99. The minimum Gasteiger partial charge on any atom is -0.495 e. The molecule has 1 N–H and O–H groups in total. The fourth-order valence-electron chi connectivity index (χ4n) is 1.61. The molecule has 0 bridgehead atoms. The van der Waals surface area contributed by atoms with Crippen molar-refractivity contribution in [3.05, 3.63) is 41.7 Å². The summed E-state index contributed by atoms with van der Waals surface area (Å²) in [6, 6.07) is 9.00. The average Bonchev–Trinajstić information content (AvgIpc) is 2.70. The molecule has 0 fully saturated rings. The fourth-order valence-corrected chi connectivity index (χ4v) is 1.61. The molecule has 2 rings (SSSR count). The molecule has 1 aromatic heterocycles. The molecule has 1 heterocycles. The highest BCUT2D eigenvalue weighted by atomic mass is 16.5. The van der Waals surface area contributed by atoms with Crippen LogP contribution in [0, 0.1) is 6.92 Å². The molecule has 1 amide bonds. The first-order valence-corrected chi connectivity index (χ1v) is 5.57. The van der Waals surface area contributed by atoms with Crippen molar-refractivity contribution in [1.82, 2.24) is 9.78 Å². The monoisotopic (exact) mass is 245 g/mol. The van der Waals surface area contributed by atoms with Gasteiger partial charge in [-0.3, -0.25) is 9.48 Å². The zero-order valence-corrected chi connectivity index (χ0v) is 10.6. The van der Waals surface area contributed by atoms with Gasteiger partial charge in [0.05, 0.1) is 12.8 Å². The summed E-state index contributed by atoms with van der Waals surface area (Å²) in [5.41, 5.74) is 1.95. The summed E-state index contributed by atoms with van der Waals surface area (Å²) in [5, 5.41) is 6.90. The van der Waals surface area contributed by atoms with E-state index in [0.29, 0.717) is 17.1 Å². The number of anilines is 1. The largest absolute Gasteiger partial charge is 0.495 e. The number of para-hydroxylation sites is 2. The van der Waals surface area contributed by atoms with Crippen molar-refractivity contribution in [2.75, 3.05) is 12.4 Å². The summed E-state index contributed by atoms with van der Waals surface area (Å²) in [4.78, 5) is 12.0. The van der Waals surface area contributed by atoms with Crippen molar-refractivity contribution in [2.24, 2.45) is 7.05 Å². The van der Waals surface area contributed by atoms with Crippen LogP contribution in [0.15, 0.2) is 30.3 Å². The summed E-state index contributed by atoms with van der Waals surface area (Å²) in [5.74, 6) is 0.377. The van der Waals surface area contributed by atoms with Gasteiger partial charge in [0.2, 0.25) is 0 Å². The maximum absolute atomic E-state index is 12.0. The molecule has 1 aromatic carbocycles. The molecule has 0 saturated heterocycles. The number of carbonyl (C=O) groups is 1. The summed E-state index contributed by atoms with van der Waals surface area (Å²) in [6.45, 7) is 1.90. The van der Waals surface area contributed by atoms with Crippen LogP contribution in [0.1, 0.15) is 16.2 Å². The Bertz CT molecular complexity index is 556. The Morgan fingerprint density at radius 1 is 1.39 bits per heavy atom. The molecule has 0 radical (unpaired) electrons. The third kappa shape index (κ3) is 2.34. The molecule has 5 nitrogen and oxygen atoms in total. The molecule has 0 saturated carbocycles. The van der Waals surface area contributed by atoms with Gasteiger partial charge >= 0.3 is 0 Å². The van der Waals surface area contributed by atoms with E-state index in [-0.39, 0.29) is 5.91 Å². The molecular formula is C13H15N3O2. The van der Waals surface area contributed by atoms with E-state index in [1.54, 1.807) is 37.0 Å². The summed E-state index contributed by atoms with van der Waals surface area (Å²) in [7, 11) is 3.37. The quantitative estimate of drug-likeness (QED) is 0.899. The Labute approximate surface area is 105 Å². The predicted molar refractivity (Wildman–Crippen MR) is 68.9 cm³/mol. The first kappa shape index (κ1) is 12.2. The molecule has 0 aliphatic heterocycles. The summed E-state index contributed by atoms with van der Waals surface area (Å²) < 4.78 is 6.83. The summed E-state index contributed by atoms with van der Waals surface area (Å²) in [6.07, 6.45) is 0. The first-order chi connectivity index (χ1) is 8.61. The lowest BCUT2D eigenvalue weighted by molar-refractivity contribution is 0.102. The lowest BCUT2D eigenvalue weighted by atomic mass is 10.2. The Morgan fingerprint density at radius 3 is 2.72 bits per heavy atom. The highest BCUT2D eigenvalue weighted by molar-refractivity contribution is 6.03. The van der Waals surface area contributed by atoms with Crippen LogP contribution in [0.4, 0.5) is 5.69 Å². The minimum atomic E-state index is -0.247. The van der Waals surface area contributed by atoms with Gasteiger partial charge in [-0.05, 0) is 25.1 Å². The normalized spacial score (nSPS) is 10.2. The molecule has 5 heteroatoms. The highest BCUT2D eigenvalue weighted by Gasteiger charge is 2.12. The van der Waals surface area contributed by atoms with Gasteiger partial charge in [0.25, 0.3) is 5.91 Å². The number of carbonyl (C=O) groups excluding carboxylic acids is 1. The van der Waals surface area contributed by atoms with E-state index in [4.69, 9.17) is 4.74 Å². The number of aromatic nitrogens is 2. The molecule has 94 valence electrons. The van der Waals surface area contributed by atoms with Crippen LogP contribution < -0.4 is 10.1 Å². The molecule has 2 aromatic rings. The molecule has 0 atom stereocenters. The first-order valence-electron chi connectivity index (χ1n) is 5.57. The second-order valence-electron chi connectivity index (χ2n) is 3.95. The third-order valence-corrected chi connectivity index (χ3v) is 2.70. The SMILES string of the molecule is COc1ccccc1NC(=O)c1cc(C)n(C)n1. The number of hydrogen-bond acceptors (Lipinski definition) is 3. The Kier molecular flexibility index (Phi) is 3.32. The Balaban J connectivity index is 2.21. The third-order valence-electron chi connectivity index (χ3n) is 2.70. The van der Waals surface area contributed by atoms with Crippen LogP contribution in [0.2, 0.25) is 0 Å². The maximum Gasteiger partial charge on any atom is 0.276 e. The Morgan fingerprint density at radius 2 is 2.11 bits per heavy atom. The summed E-state index contributed by atoms with van der Waals surface area (Å²) >= 11 is 0. The van der Waals surface area contributed by atoms with Gasteiger partial charge in [0.15, 0.2) is 5.69 Å². The van der Waals surface area contributed by atoms with Gasteiger partial charge < -0.3 is 10.1 Å². The van der Waals surface area contributed by atoms with Gasteiger partial charge in [-0.1, -0.05) is 12.1 Å². The van der Waals surface area contributed by atoms with E-state index in [1.165, 1.54) is 0 Å². The number of benzene rings is 1. The van der Waals surface area contributed by atoms with E-state index in [2.05, 4.69) is 10.4 Å². The van der Waals surface area contributed by atoms with E-state index in [0.717, 1.165) is 5.69 Å². The van der Waals surface area contributed by atoms with Gasteiger partial charge in [-0.15, -0.1) is 0 Å². The second-order valence-corrected chi connectivity index (χ2v) is 3.95. The molecule has 0 aliphatic rings. The molecule has 0 aliphatic carbocycles. The zero-order valence-electron chi connectivity index (χ0n) is 10.6. The molecule has 0 spiro atoms. The maximum atomic E-state index is 12.0. The van der Waals surface area contributed by atoms with Gasteiger partial charge in [-0.25, -0.2) is 0 Å². The smallest absolute Gasteiger partial charge is 0.276 e. The second kappa shape index (κ2) is 4.91. The van der Waals surface area contributed by atoms with Crippen LogP contribution in [0.25, 0.3) is 0 Å². The van der Waals surface area contributed by atoms with Crippen molar-refractivity contribution < 1.29 is 9.53 Å². The zero-order chi connectivity index (χ0) is 13.1. The number of rotatable bonds is 3. The van der Waals surface area contributed by atoms with E-state index in [1.807, 2.05) is 19.1 Å². The van der Waals surface area contributed by atoms with Crippen molar-refractivity contribution in [1.29, 1.82) is 0 Å². The molecular weight excluding hydrogens is 230 g/mol. The van der Waals surface area contributed by atoms with Crippen LogP contribution in [-0.2, 0) is 7.05 Å². The number of methoxy groups -OCH3 is 1. The molecule has 0 unspecified atom stereocenters. The Hall–Kier alpha value is -2.30. The number of hydrogen-bond donors (Lipinski definition) is 1. The highest BCUT2D eigenvalue weighted by Crippen LogP contribution is 2.23. The van der Waals surface area contributed by atoms with Gasteiger partial charge in [0.1, 0.15) is 5.75 Å². The number of aryl methyl sites for hydroxylation is 2. The lowest BCUT2D eigenvalue weighted by Crippen LogP contribution is -2.13. The van der Waals surface area contributed by atoms with Crippen LogP contribution >= 0.6 is 0 Å². The minimum absolute atomic E-state index is 0.247. The number of nitrogens with one attached hydrogen (secondary N) is 1.